The van der Waals surface area contributed by atoms with Gasteiger partial charge in [0, 0.05) is 5.28 Å². The first kappa shape index (κ1) is 9.18. The molecule has 1 rings (SSSR count). The van der Waals surface area contributed by atoms with E-state index >= 15 is 0 Å². The van der Waals surface area contributed by atoms with Gasteiger partial charge in [0.15, 0.2) is 0 Å². The van der Waals surface area contributed by atoms with Crippen LogP contribution < -0.4 is 0 Å². The molecule has 0 aliphatic carbocycles. The number of rotatable bonds is 2. The van der Waals surface area contributed by atoms with E-state index in [1.807, 2.05) is 0 Å². The highest BCUT2D eigenvalue weighted by Crippen LogP contribution is 2.13. The summed E-state index contributed by atoms with van der Waals surface area (Å²) in [4.78, 5) is 11.0. The molecule has 0 aromatic heterocycles. The molecule has 0 atom stereocenters. The molecular formula is C8H8N2O3. The Morgan fingerprint density at radius 3 is 2.46 bits per heavy atom. The van der Waals surface area contributed by atoms with Crippen molar-refractivity contribution >= 4 is 11.7 Å². The molecule has 0 spiro atoms. The second kappa shape index (κ2) is 4.20. The summed E-state index contributed by atoms with van der Waals surface area (Å²) in [7, 11) is 1.31. The van der Waals surface area contributed by atoms with Crippen LogP contribution in [0.15, 0.2) is 34.7 Å². The van der Waals surface area contributed by atoms with Crippen molar-refractivity contribution < 1.29 is 14.7 Å². The third kappa shape index (κ3) is 2.26. The maximum Gasteiger partial charge on any atom is 0.337 e. The van der Waals surface area contributed by atoms with E-state index in [1.165, 1.54) is 19.2 Å². The molecule has 1 N–H and O–H groups in total. The standard InChI is InChI=1S/C8H8N2O3/c1-13-8(11)6-2-4-7(5-3-6)9-10-12/h2-5H,1H3,(H,9,12). The van der Waals surface area contributed by atoms with Crippen molar-refractivity contribution in [2.24, 2.45) is 10.4 Å². The van der Waals surface area contributed by atoms with Crippen molar-refractivity contribution in [3.8, 4) is 0 Å². The van der Waals surface area contributed by atoms with Crippen LogP contribution >= 0.6 is 0 Å². The molecule has 5 heteroatoms. The van der Waals surface area contributed by atoms with Crippen LogP contribution in [-0.2, 0) is 4.74 Å². The lowest BCUT2D eigenvalue weighted by Crippen LogP contribution is -1.99. The first-order chi connectivity index (χ1) is 6.27. The molecule has 0 bridgehead atoms. The molecule has 0 heterocycles. The van der Waals surface area contributed by atoms with Crippen molar-refractivity contribution in [3.63, 3.8) is 0 Å². The van der Waals surface area contributed by atoms with Gasteiger partial charge in [-0.05, 0) is 24.3 Å². The summed E-state index contributed by atoms with van der Waals surface area (Å²) in [6.45, 7) is 0. The molecule has 0 aliphatic rings. The Balaban J connectivity index is 2.87. The predicted molar refractivity (Wildman–Crippen MR) is 44.1 cm³/mol. The number of carbonyl (C=O) groups excluding carboxylic acids is 1. The van der Waals surface area contributed by atoms with Crippen molar-refractivity contribution in [2.75, 3.05) is 7.11 Å². The van der Waals surface area contributed by atoms with Crippen molar-refractivity contribution in [2.45, 2.75) is 0 Å². The zero-order valence-electron chi connectivity index (χ0n) is 6.97. The van der Waals surface area contributed by atoms with Gasteiger partial charge in [0.1, 0.15) is 0 Å². The molecule has 0 unspecified atom stereocenters. The molecular weight excluding hydrogens is 172 g/mol. The SMILES string of the molecule is COC(=O)c1ccc(N=NO)cc1. The molecule has 0 aliphatic heterocycles. The Morgan fingerprint density at radius 1 is 1.38 bits per heavy atom. The zero-order valence-corrected chi connectivity index (χ0v) is 6.97. The monoisotopic (exact) mass is 180 g/mol. The summed E-state index contributed by atoms with van der Waals surface area (Å²) in [6.07, 6.45) is 0. The van der Waals surface area contributed by atoms with Gasteiger partial charge in [-0.15, -0.1) is 5.11 Å². The smallest absolute Gasteiger partial charge is 0.337 e. The summed E-state index contributed by atoms with van der Waals surface area (Å²) >= 11 is 0. The highest BCUT2D eigenvalue weighted by molar-refractivity contribution is 5.89. The molecule has 1 aromatic rings. The molecule has 13 heavy (non-hydrogen) atoms. The Kier molecular flexibility index (Phi) is 2.97. The first-order valence-corrected chi connectivity index (χ1v) is 3.51. The fourth-order valence-corrected chi connectivity index (χ4v) is 0.834. The zero-order chi connectivity index (χ0) is 9.68. The molecule has 68 valence electrons. The van der Waals surface area contributed by atoms with Crippen molar-refractivity contribution in [3.05, 3.63) is 29.8 Å². The minimum Gasteiger partial charge on any atom is -0.465 e. The van der Waals surface area contributed by atoms with E-state index < -0.39 is 5.97 Å². The van der Waals surface area contributed by atoms with Gasteiger partial charge in [-0.1, -0.05) is 0 Å². The third-order valence-corrected chi connectivity index (χ3v) is 1.45. The molecule has 1 aromatic carbocycles. The van der Waals surface area contributed by atoms with E-state index in [4.69, 9.17) is 5.21 Å². The number of benzene rings is 1. The predicted octanol–water partition coefficient (Wildman–Crippen LogP) is 1.95. The van der Waals surface area contributed by atoms with Gasteiger partial charge in [-0.25, -0.2) is 4.79 Å². The number of methoxy groups -OCH3 is 1. The van der Waals surface area contributed by atoms with Gasteiger partial charge in [0.25, 0.3) is 0 Å². The molecule has 5 nitrogen and oxygen atoms in total. The van der Waals surface area contributed by atoms with Crippen molar-refractivity contribution in [1.82, 2.24) is 0 Å². The van der Waals surface area contributed by atoms with E-state index in [1.54, 1.807) is 12.1 Å². The Hall–Kier alpha value is -1.91. The van der Waals surface area contributed by atoms with Gasteiger partial charge in [0.05, 0.1) is 18.4 Å². The lowest BCUT2D eigenvalue weighted by molar-refractivity contribution is 0.0601. The lowest BCUT2D eigenvalue weighted by atomic mass is 10.2. The van der Waals surface area contributed by atoms with Gasteiger partial charge in [-0.2, -0.15) is 0 Å². The number of esters is 1. The number of carbonyl (C=O) groups is 1. The van der Waals surface area contributed by atoms with Crippen LogP contribution in [0.2, 0.25) is 0 Å². The quantitative estimate of drug-likeness (QED) is 0.429. The number of nitrogens with zero attached hydrogens (tertiary/aromatic N) is 2. The summed E-state index contributed by atoms with van der Waals surface area (Å²) in [5.41, 5.74) is 0.898. The van der Waals surface area contributed by atoms with E-state index in [-0.39, 0.29) is 0 Å². The molecule has 0 fully saturated rings. The van der Waals surface area contributed by atoms with Crippen LogP contribution in [0.1, 0.15) is 10.4 Å². The fourth-order valence-electron chi connectivity index (χ4n) is 0.834. The van der Waals surface area contributed by atoms with E-state index in [2.05, 4.69) is 15.1 Å². The number of ether oxygens (including phenoxy) is 1. The van der Waals surface area contributed by atoms with Gasteiger partial charge >= 0.3 is 5.97 Å². The molecule has 0 radical (unpaired) electrons. The maximum absolute atomic E-state index is 11.0. The second-order valence-electron chi connectivity index (χ2n) is 2.23. The second-order valence-corrected chi connectivity index (χ2v) is 2.23. The van der Waals surface area contributed by atoms with Crippen LogP contribution in [-0.4, -0.2) is 18.3 Å². The van der Waals surface area contributed by atoms with Gasteiger partial charge < -0.3 is 9.94 Å². The van der Waals surface area contributed by atoms with Gasteiger partial charge in [0.2, 0.25) is 0 Å². The van der Waals surface area contributed by atoms with E-state index in [0.29, 0.717) is 11.3 Å². The summed E-state index contributed by atoms with van der Waals surface area (Å²) in [5, 5.41) is 14.1. The normalized spacial score (nSPS) is 10.2. The topological polar surface area (TPSA) is 71.2 Å². The summed E-state index contributed by atoms with van der Waals surface area (Å²) in [6, 6.07) is 6.17. The van der Waals surface area contributed by atoms with E-state index in [0.717, 1.165) is 0 Å². The van der Waals surface area contributed by atoms with E-state index in [9.17, 15) is 4.79 Å². The van der Waals surface area contributed by atoms with Crippen molar-refractivity contribution in [1.29, 1.82) is 0 Å². The van der Waals surface area contributed by atoms with Crippen LogP contribution in [0.3, 0.4) is 0 Å². The Labute approximate surface area is 74.6 Å². The first-order valence-electron chi connectivity index (χ1n) is 3.51. The Bertz CT molecular complexity index is 319. The highest BCUT2D eigenvalue weighted by Gasteiger charge is 2.03. The molecule has 0 saturated carbocycles. The number of hydrogen-bond acceptors (Lipinski definition) is 4. The van der Waals surface area contributed by atoms with Crippen LogP contribution in [0, 0.1) is 0 Å². The third-order valence-electron chi connectivity index (χ3n) is 1.45. The largest absolute Gasteiger partial charge is 0.465 e. The highest BCUT2D eigenvalue weighted by atomic mass is 16.5. The number of hydrogen-bond donors (Lipinski definition) is 1. The fraction of sp³-hybridized carbons (Fsp3) is 0.125. The summed E-state index contributed by atoms with van der Waals surface area (Å²) < 4.78 is 4.49. The summed E-state index contributed by atoms with van der Waals surface area (Å²) in [5.74, 6) is -0.410. The average Bonchev–Trinajstić information content (AvgIpc) is 2.18. The lowest BCUT2D eigenvalue weighted by Gasteiger charge is -1.97. The maximum atomic E-state index is 11.0. The Morgan fingerprint density at radius 2 is 2.00 bits per heavy atom. The minimum atomic E-state index is -0.410. The molecule has 0 amide bonds. The van der Waals surface area contributed by atoms with Gasteiger partial charge in [-0.3, -0.25) is 0 Å². The van der Waals surface area contributed by atoms with Crippen LogP contribution in [0.5, 0.6) is 0 Å². The van der Waals surface area contributed by atoms with Crippen LogP contribution in [0.4, 0.5) is 5.69 Å². The van der Waals surface area contributed by atoms with Crippen LogP contribution in [0.25, 0.3) is 0 Å². The average molecular weight is 180 g/mol. The molecule has 0 saturated heterocycles. The minimum absolute atomic E-state index is 0.410.